The highest BCUT2D eigenvalue weighted by molar-refractivity contribution is 6.06. The Balaban J connectivity index is 1.07. The molecule has 9 aromatic carbocycles. The van der Waals surface area contributed by atoms with Crippen LogP contribution in [0.15, 0.2) is 206 Å². The van der Waals surface area contributed by atoms with Crippen molar-refractivity contribution in [1.82, 2.24) is 9.97 Å². The lowest BCUT2D eigenvalue weighted by Gasteiger charge is -2.21. The van der Waals surface area contributed by atoms with Gasteiger partial charge in [0, 0.05) is 22.1 Å². The second-order valence-corrected chi connectivity index (χ2v) is 16.1. The number of aromatic nitrogens is 2. The maximum atomic E-state index is 5.31. The van der Waals surface area contributed by atoms with Gasteiger partial charge in [0.15, 0.2) is 5.82 Å². The van der Waals surface area contributed by atoms with Crippen molar-refractivity contribution < 1.29 is 0 Å². The van der Waals surface area contributed by atoms with Gasteiger partial charge >= 0.3 is 0 Å². The van der Waals surface area contributed by atoms with Gasteiger partial charge in [0.25, 0.3) is 0 Å². The Morgan fingerprint density at radius 1 is 0.322 bits per heavy atom. The summed E-state index contributed by atoms with van der Waals surface area (Å²) in [5.41, 5.74) is 17.5. The molecule has 0 atom stereocenters. The summed E-state index contributed by atoms with van der Waals surface area (Å²) >= 11 is 0. The smallest absolute Gasteiger partial charge is 0.160 e. The lowest BCUT2D eigenvalue weighted by Crippen LogP contribution is -2.14. The monoisotopic (exact) mass is 752 g/mol. The number of benzene rings is 9. The fourth-order valence-electron chi connectivity index (χ4n) is 9.46. The fraction of sp³-hybridized carbons (Fsp3) is 0.0526. The fourth-order valence-corrected chi connectivity index (χ4v) is 9.46. The van der Waals surface area contributed by atoms with Crippen molar-refractivity contribution >= 4 is 21.5 Å². The van der Waals surface area contributed by atoms with E-state index in [1.165, 1.54) is 66.2 Å². The molecule has 0 saturated heterocycles. The van der Waals surface area contributed by atoms with E-state index in [-0.39, 0.29) is 5.41 Å². The Labute approximate surface area is 345 Å². The van der Waals surface area contributed by atoms with E-state index in [0.29, 0.717) is 5.82 Å². The van der Waals surface area contributed by atoms with Crippen LogP contribution in [0.2, 0.25) is 0 Å². The normalized spacial score (nSPS) is 12.7. The van der Waals surface area contributed by atoms with Gasteiger partial charge < -0.3 is 0 Å². The summed E-state index contributed by atoms with van der Waals surface area (Å²) in [6, 6.07) is 74.3. The van der Waals surface area contributed by atoms with Crippen molar-refractivity contribution in [2.75, 3.05) is 0 Å². The SMILES string of the molecule is CC1(C)c2ccccc2-c2c(-c3cccc(-c4ccc(-c5cc(-c6ccccc6-c6cccc7ccccc67)nc(-c6ccccc6)n5)c5ccccc45)c3)cccc21. The highest BCUT2D eigenvalue weighted by atomic mass is 14.9. The molecular weight excluding hydrogens is 713 g/mol. The van der Waals surface area contributed by atoms with Crippen molar-refractivity contribution in [2.24, 2.45) is 0 Å². The van der Waals surface area contributed by atoms with Gasteiger partial charge in [-0.15, -0.1) is 0 Å². The Bertz CT molecular complexity index is 3240. The van der Waals surface area contributed by atoms with Crippen molar-refractivity contribution in [3.63, 3.8) is 0 Å². The summed E-state index contributed by atoms with van der Waals surface area (Å²) in [5, 5.41) is 4.77. The topological polar surface area (TPSA) is 25.8 Å². The van der Waals surface area contributed by atoms with Crippen LogP contribution >= 0.6 is 0 Å². The van der Waals surface area contributed by atoms with Crippen LogP contribution in [0.25, 0.3) is 100.0 Å². The maximum Gasteiger partial charge on any atom is 0.160 e. The number of hydrogen-bond donors (Lipinski definition) is 0. The first-order valence-electron chi connectivity index (χ1n) is 20.4. The third-order valence-electron chi connectivity index (χ3n) is 12.3. The third-order valence-corrected chi connectivity index (χ3v) is 12.3. The zero-order chi connectivity index (χ0) is 39.5. The molecule has 0 saturated carbocycles. The molecule has 0 radical (unpaired) electrons. The van der Waals surface area contributed by atoms with Crippen LogP contribution in [0.3, 0.4) is 0 Å². The minimum absolute atomic E-state index is 0.0508. The number of fused-ring (bicyclic) bond motifs is 5. The molecule has 0 fully saturated rings. The molecule has 1 heterocycles. The van der Waals surface area contributed by atoms with Gasteiger partial charge in [-0.1, -0.05) is 208 Å². The molecule has 0 unspecified atom stereocenters. The van der Waals surface area contributed by atoms with E-state index in [9.17, 15) is 0 Å². The standard InChI is InChI=1S/C57H40N2/c1-57(2)51-31-13-12-28-50(51)55-43(29-16-32-52(55)57)40-22-14-21-39(35-40)42-33-34-49(47-26-9-8-24-44(42)47)54-36-53(58-56(59-54)38-18-4-3-5-19-38)48-27-11-10-25-46(48)45-30-15-20-37-17-6-7-23-41(37)45/h3-36H,1-2H3. The summed E-state index contributed by atoms with van der Waals surface area (Å²) in [7, 11) is 0. The summed E-state index contributed by atoms with van der Waals surface area (Å²) in [4.78, 5) is 10.6. The summed E-state index contributed by atoms with van der Waals surface area (Å²) in [6.07, 6.45) is 0. The van der Waals surface area contributed by atoms with Crippen LogP contribution in [0.5, 0.6) is 0 Å². The molecule has 0 aliphatic heterocycles. The lowest BCUT2D eigenvalue weighted by atomic mass is 9.82. The molecule has 0 N–H and O–H groups in total. The first-order valence-corrected chi connectivity index (χ1v) is 20.4. The first-order chi connectivity index (χ1) is 29.0. The molecular formula is C57H40N2. The van der Waals surface area contributed by atoms with Crippen LogP contribution in [0, 0.1) is 0 Å². The average molecular weight is 753 g/mol. The average Bonchev–Trinajstić information content (AvgIpc) is 3.54. The Morgan fingerprint density at radius 2 is 0.831 bits per heavy atom. The molecule has 1 aromatic heterocycles. The third kappa shape index (κ3) is 5.79. The highest BCUT2D eigenvalue weighted by Crippen LogP contribution is 2.52. The predicted octanol–water partition coefficient (Wildman–Crippen LogP) is 15.1. The molecule has 2 heteroatoms. The van der Waals surface area contributed by atoms with E-state index in [2.05, 4.69) is 214 Å². The first kappa shape index (κ1) is 34.8. The van der Waals surface area contributed by atoms with Gasteiger partial charge in [0.2, 0.25) is 0 Å². The highest BCUT2D eigenvalue weighted by Gasteiger charge is 2.36. The van der Waals surface area contributed by atoms with E-state index < -0.39 is 0 Å². The van der Waals surface area contributed by atoms with Crippen LogP contribution in [-0.2, 0) is 5.41 Å². The van der Waals surface area contributed by atoms with E-state index in [0.717, 1.165) is 39.0 Å². The maximum absolute atomic E-state index is 5.31. The van der Waals surface area contributed by atoms with Crippen molar-refractivity contribution in [2.45, 2.75) is 19.3 Å². The molecule has 1 aliphatic carbocycles. The van der Waals surface area contributed by atoms with E-state index in [4.69, 9.17) is 9.97 Å². The number of hydrogen-bond acceptors (Lipinski definition) is 2. The second kappa shape index (κ2) is 13.9. The van der Waals surface area contributed by atoms with E-state index >= 15 is 0 Å². The molecule has 0 bridgehead atoms. The van der Waals surface area contributed by atoms with Crippen molar-refractivity contribution in [1.29, 1.82) is 0 Å². The molecule has 2 nitrogen and oxygen atoms in total. The summed E-state index contributed by atoms with van der Waals surface area (Å²) < 4.78 is 0. The minimum atomic E-state index is -0.0508. The molecule has 11 rings (SSSR count). The number of nitrogens with zero attached hydrogens (tertiary/aromatic N) is 2. The van der Waals surface area contributed by atoms with Crippen LogP contribution in [0.1, 0.15) is 25.0 Å². The summed E-state index contributed by atoms with van der Waals surface area (Å²) in [6.45, 7) is 4.69. The minimum Gasteiger partial charge on any atom is -0.228 e. The van der Waals surface area contributed by atoms with Crippen LogP contribution in [-0.4, -0.2) is 9.97 Å². The van der Waals surface area contributed by atoms with Gasteiger partial charge in [-0.2, -0.15) is 0 Å². The second-order valence-electron chi connectivity index (χ2n) is 16.1. The van der Waals surface area contributed by atoms with Gasteiger partial charge in [-0.3, -0.25) is 0 Å². The molecule has 59 heavy (non-hydrogen) atoms. The molecule has 278 valence electrons. The lowest BCUT2D eigenvalue weighted by molar-refractivity contribution is 0.660. The Kier molecular flexibility index (Phi) is 8.20. The quantitative estimate of drug-likeness (QED) is 0.169. The zero-order valence-electron chi connectivity index (χ0n) is 33.0. The Hall–Kier alpha value is -7.42. The van der Waals surface area contributed by atoms with Crippen molar-refractivity contribution in [3.8, 4) is 78.4 Å². The van der Waals surface area contributed by atoms with Crippen LogP contribution in [0.4, 0.5) is 0 Å². The predicted molar refractivity (Wildman–Crippen MR) is 247 cm³/mol. The van der Waals surface area contributed by atoms with Gasteiger partial charge in [-0.25, -0.2) is 9.97 Å². The zero-order valence-corrected chi connectivity index (χ0v) is 33.0. The molecule has 0 amide bonds. The van der Waals surface area contributed by atoms with E-state index in [1.54, 1.807) is 0 Å². The molecule has 0 spiro atoms. The Morgan fingerprint density at radius 3 is 1.64 bits per heavy atom. The van der Waals surface area contributed by atoms with Gasteiger partial charge in [0.05, 0.1) is 11.4 Å². The largest absolute Gasteiger partial charge is 0.228 e. The van der Waals surface area contributed by atoms with E-state index in [1.807, 2.05) is 6.07 Å². The number of rotatable bonds is 6. The van der Waals surface area contributed by atoms with Gasteiger partial charge in [0.1, 0.15) is 0 Å². The van der Waals surface area contributed by atoms with Crippen molar-refractivity contribution in [3.05, 3.63) is 217 Å². The summed E-state index contributed by atoms with van der Waals surface area (Å²) in [5.74, 6) is 0.701. The molecule has 1 aliphatic rings. The van der Waals surface area contributed by atoms with Gasteiger partial charge in [-0.05, 0) is 89.3 Å². The molecule has 10 aromatic rings. The van der Waals surface area contributed by atoms with Crippen LogP contribution < -0.4 is 0 Å².